The van der Waals surface area contributed by atoms with Gasteiger partial charge in [-0.05, 0) is 60.9 Å². The SMILES string of the molecule is O=C(N=NC(=O)c1ccc(-c2ccc(F)cc2)s1)c1ccc2c(O)n(CC3CCCO3)c(O)c2c1. The molecule has 3 heterocycles. The molecule has 10 heteroatoms. The van der Waals surface area contributed by atoms with Crippen LogP contribution in [0.5, 0.6) is 11.8 Å². The van der Waals surface area contributed by atoms with Crippen molar-refractivity contribution in [1.29, 1.82) is 0 Å². The van der Waals surface area contributed by atoms with Crippen LogP contribution in [0, 0.1) is 5.82 Å². The number of rotatable bonds is 5. The zero-order valence-corrected chi connectivity index (χ0v) is 19.2. The Hall–Kier alpha value is -3.89. The van der Waals surface area contributed by atoms with Crippen molar-refractivity contribution in [2.45, 2.75) is 25.5 Å². The summed E-state index contributed by atoms with van der Waals surface area (Å²) >= 11 is 1.16. The van der Waals surface area contributed by atoms with Gasteiger partial charge in [-0.2, -0.15) is 0 Å². The van der Waals surface area contributed by atoms with Crippen LogP contribution in [0.3, 0.4) is 0 Å². The fourth-order valence-electron chi connectivity index (χ4n) is 4.03. The lowest BCUT2D eigenvalue weighted by molar-refractivity contribution is 0.0930. The molecule has 0 spiro atoms. The predicted octanol–water partition coefficient (Wildman–Crippen LogP) is 5.53. The first-order valence-electron chi connectivity index (χ1n) is 10.9. The monoisotopic (exact) mass is 493 g/mol. The zero-order valence-electron chi connectivity index (χ0n) is 18.3. The molecule has 0 saturated carbocycles. The van der Waals surface area contributed by atoms with E-state index in [9.17, 15) is 24.2 Å². The van der Waals surface area contributed by atoms with Crippen LogP contribution in [0.25, 0.3) is 21.2 Å². The maximum absolute atomic E-state index is 13.1. The number of ether oxygens (including phenoxy) is 1. The van der Waals surface area contributed by atoms with Gasteiger partial charge in [-0.25, -0.2) is 4.39 Å². The van der Waals surface area contributed by atoms with Crippen LogP contribution in [-0.2, 0) is 11.3 Å². The smallest absolute Gasteiger partial charge is 0.305 e. The second-order valence-corrected chi connectivity index (χ2v) is 9.22. The Balaban J connectivity index is 1.32. The average Bonchev–Trinajstić information content (AvgIpc) is 3.61. The standard InChI is InChI=1S/C25H20FN3O5S/c26-16-6-3-14(4-7-16)20-9-10-21(35-20)23(31)28-27-22(30)15-5-8-18-19(12-15)25(33)29(24(18)32)13-17-2-1-11-34-17/h3-10,12,17,32-33H,1-2,11,13H2. The molecule has 5 rings (SSSR count). The molecule has 1 saturated heterocycles. The number of carbonyl (C=O) groups excluding carboxylic acids is 2. The molecule has 1 aliphatic rings. The topological polar surface area (TPSA) is 113 Å². The summed E-state index contributed by atoms with van der Waals surface area (Å²) in [6.45, 7) is 0.943. The van der Waals surface area contributed by atoms with Gasteiger partial charge < -0.3 is 14.9 Å². The summed E-state index contributed by atoms with van der Waals surface area (Å²) in [6, 6.07) is 13.5. The first-order valence-corrected chi connectivity index (χ1v) is 11.7. The number of benzene rings is 2. The van der Waals surface area contributed by atoms with Crippen molar-refractivity contribution in [2.24, 2.45) is 10.2 Å². The second-order valence-electron chi connectivity index (χ2n) is 8.13. The fourth-order valence-corrected chi connectivity index (χ4v) is 4.92. The molecule has 8 nitrogen and oxygen atoms in total. The molecule has 178 valence electrons. The van der Waals surface area contributed by atoms with Crippen molar-refractivity contribution >= 4 is 33.9 Å². The highest BCUT2D eigenvalue weighted by Crippen LogP contribution is 2.38. The van der Waals surface area contributed by atoms with Crippen molar-refractivity contribution in [3.63, 3.8) is 0 Å². The molecule has 2 aromatic heterocycles. The van der Waals surface area contributed by atoms with E-state index in [4.69, 9.17) is 4.74 Å². The Morgan fingerprint density at radius 2 is 1.74 bits per heavy atom. The molecular weight excluding hydrogens is 473 g/mol. The molecule has 1 aliphatic heterocycles. The number of nitrogens with zero attached hydrogens (tertiary/aromatic N) is 3. The quantitative estimate of drug-likeness (QED) is 0.355. The van der Waals surface area contributed by atoms with Gasteiger partial charge in [-0.1, -0.05) is 12.1 Å². The third-order valence-corrected chi connectivity index (χ3v) is 6.97. The molecule has 2 aromatic carbocycles. The molecule has 0 bridgehead atoms. The van der Waals surface area contributed by atoms with E-state index in [1.165, 1.54) is 34.9 Å². The van der Waals surface area contributed by atoms with Gasteiger partial charge in [0.05, 0.1) is 17.5 Å². The molecule has 1 atom stereocenters. The van der Waals surface area contributed by atoms with E-state index in [1.54, 1.807) is 24.3 Å². The lowest BCUT2D eigenvalue weighted by atomic mass is 10.1. The van der Waals surface area contributed by atoms with Crippen LogP contribution in [0.1, 0.15) is 32.9 Å². The molecule has 2 N–H and O–H groups in total. The van der Waals surface area contributed by atoms with Gasteiger partial charge in [0.2, 0.25) is 11.8 Å². The molecule has 0 aliphatic carbocycles. The van der Waals surface area contributed by atoms with E-state index in [0.29, 0.717) is 18.5 Å². The summed E-state index contributed by atoms with van der Waals surface area (Å²) in [5.41, 5.74) is 0.864. The van der Waals surface area contributed by atoms with Crippen LogP contribution in [0.4, 0.5) is 4.39 Å². The van der Waals surface area contributed by atoms with Crippen molar-refractivity contribution in [2.75, 3.05) is 6.61 Å². The average molecular weight is 494 g/mol. The Morgan fingerprint density at radius 1 is 1.00 bits per heavy atom. The second kappa shape index (κ2) is 9.40. The number of carbonyl (C=O) groups is 2. The Morgan fingerprint density at radius 3 is 2.49 bits per heavy atom. The largest absolute Gasteiger partial charge is 0.494 e. The number of aromatic nitrogens is 1. The van der Waals surface area contributed by atoms with E-state index in [1.807, 2.05) is 0 Å². The molecule has 1 unspecified atom stereocenters. The van der Waals surface area contributed by atoms with Crippen LogP contribution >= 0.6 is 11.3 Å². The minimum atomic E-state index is -0.763. The highest BCUT2D eigenvalue weighted by molar-refractivity contribution is 7.17. The van der Waals surface area contributed by atoms with Gasteiger partial charge in [-0.15, -0.1) is 21.6 Å². The van der Waals surface area contributed by atoms with Crippen molar-refractivity contribution < 1.29 is 28.9 Å². The van der Waals surface area contributed by atoms with Gasteiger partial charge in [0.15, 0.2) is 0 Å². The van der Waals surface area contributed by atoms with Gasteiger partial charge in [-0.3, -0.25) is 14.2 Å². The van der Waals surface area contributed by atoms with Crippen LogP contribution in [0.15, 0.2) is 64.8 Å². The number of aromatic hydroxyl groups is 2. The minimum absolute atomic E-state index is 0.102. The minimum Gasteiger partial charge on any atom is -0.494 e. The predicted molar refractivity (Wildman–Crippen MR) is 127 cm³/mol. The Bertz CT molecular complexity index is 1450. The summed E-state index contributed by atoms with van der Waals surface area (Å²) in [5, 5.41) is 28.9. The number of thiophene rings is 1. The number of amides is 2. The number of azo groups is 1. The molecule has 0 radical (unpaired) electrons. The van der Waals surface area contributed by atoms with E-state index in [2.05, 4.69) is 10.2 Å². The lowest BCUT2D eigenvalue weighted by Gasteiger charge is -2.12. The Labute approximate surface area is 202 Å². The Kier molecular flexibility index (Phi) is 6.14. The summed E-state index contributed by atoms with van der Waals surface area (Å²) in [7, 11) is 0. The number of fused-ring (bicyclic) bond motifs is 1. The number of hydrogen-bond donors (Lipinski definition) is 2. The fraction of sp³-hybridized carbons (Fsp3) is 0.200. The third kappa shape index (κ3) is 4.58. The summed E-state index contributed by atoms with van der Waals surface area (Å²) < 4.78 is 20.1. The van der Waals surface area contributed by atoms with Crippen LogP contribution in [-0.4, -0.2) is 39.3 Å². The first-order chi connectivity index (χ1) is 16.9. The highest BCUT2D eigenvalue weighted by Gasteiger charge is 2.23. The number of hydrogen-bond acceptors (Lipinski definition) is 6. The molecular formula is C25H20FN3O5S. The van der Waals surface area contributed by atoms with E-state index in [-0.39, 0.29) is 39.5 Å². The highest BCUT2D eigenvalue weighted by atomic mass is 32.1. The van der Waals surface area contributed by atoms with Crippen molar-refractivity contribution in [1.82, 2.24) is 4.57 Å². The van der Waals surface area contributed by atoms with Crippen molar-refractivity contribution in [3.8, 4) is 22.2 Å². The lowest BCUT2D eigenvalue weighted by Crippen LogP contribution is -2.14. The maximum atomic E-state index is 13.1. The van der Waals surface area contributed by atoms with Gasteiger partial charge in [0, 0.05) is 27.8 Å². The summed E-state index contributed by atoms with van der Waals surface area (Å²) in [5.74, 6) is -2.08. The number of halogens is 1. The molecule has 4 aromatic rings. The molecule has 35 heavy (non-hydrogen) atoms. The normalized spacial score (nSPS) is 15.9. The maximum Gasteiger partial charge on any atom is 0.305 e. The first kappa shape index (κ1) is 22.9. The summed E-state index contributed by atoms with van der Waals surface area (Å²) in [4.78, 5) is 26.0. The van der Waals surface area contributed by atoms with E-state index in [0.717, 1.165) is 34.6 Å². The van der Waals surface area contributed by atoms with Gasteiger partial charge in [0.25, 0.3) is 5.91 Å². The van der Waals surface area contributed by atoms with E-state index < -0.39 is 11.8 Å². The van der Waals surface area contributed by atoms with Crippen LogP contribution < -0.4 is 0 Å². The van der Waals surface area contributed by atoms with Crippen LogP contribution in [0.2, 0.25) is 0 Å². The zero-order chi connectivity index (χ0) is 24.5. The molecule has 2 amide bonds. The van der Waals surface area contributed by atoms with E-state index >= 15 is 0 Å². The van der Waals surface area contributed by atoms with Gasteiger partial charge in [0.1, 0.15) is 5.82 Å². The third-order valence-electron chi connectivity index (χ3n) is 5.85. The molecule has 1 fully saturated rings. The summed E-state index contributed by atoms with van der Waals surface area (Å²) in [6.07, 6.45) is 1.66. The van der Waals surface area contributed by atoms with Gasteiger partial charge >= 0.3 is 5.91 Å². The van der Waals surface area contributed by atoms with Crippen molar-refractivity contribution in [3.05, 3.63) is 70.9 Å².